The van der Waals surface area contributed by atoms with Gasteiger partial charge in [0.2, 0.25) is 0 Å². The summed E-state index contributed by atoms with van der Waals surface area (Å²) in [6, 6.07) is 7.32. The Morgan fingerprint density at radius 2 is 2.28 bits per heavy atom. The van der Waals surface area contributed by atoms with Gasteiger partial charge in [0, 0.05) is 17.1 Å². The van der Waals surface area contributed by atoms with Gasteiger partial charge < -0.3 is 5.32 Å². The van der Waals surface area contributed by atoms with Crippen molar-refractivity contribution in [3.8, 4) is 0 Å². The normalized spacial score (nSPS) is 9.83. The lowest BCUT2D eigenvalue weighted by Gasteiger charge is -2.07. The van der Waals surface area contributed by atoms with E-state index in [0.717, 1.165) is 5.56 Å². The van der Waals surface area contributed by atoms with Crippen molar-refractivity contribution >= 4 is 39.7 Å². The number of hydrogen-bond acceptors (Lipinski definition) is 4. The second-order valence-corrected chi connectivity index (χ2v) is 4.92. The molecule has 4 nitrogen and oxygen atoms in total. The van der Waals surface area contributed by atoms with Crippen molar-refractivity contribution in [3.63, 3.8) is 0 Å². The van der Waals surface area contributed by atoms with E-state index in [1.54, 1.807) is 18.3 Å². The first kappa shape index (κ1) is 12.7. The molecule has 0 saturated heterocycles. The van der Waals surface area contributed by atoms with Crippen molar-refractivity contribution in [3.05, 3.63) is 47.0 Å². The highest BCUT2D eigenvalue weighted by atomic mass is 32.1. The van der Waals surface area contributed by atoms with Gasteiger partial charge in [0.1, 0.15) is 0 Å². The minimum atomic E-state index is -0.229. The average molecular weight is 277 g/mol. The van der Waals surface area contributed by atoms with Crippen LogP contribution in [0.2, 0.25) is 0 Å². The fourth-order valence-electron chi connectivity index (χ4n) is 1.38. The molecule has 1 amide bonds. The van der Waals surface area contributed by atoms with Gasteiger partial charge in [-0.25, -0.2) is 4.98 Å². The van der Waals surface area contributed by atoms with E-state index in [-0.39, 0.29) is 11.0 Å². The van der Waals surface area contributed by atoms with Gasteiger partial charge in [-0.15, -0.1) is 11.3 Å². The molecule has 2 aromatic rings. The topological polar surface area (TPSA) is 54.0 Å². The van der Waals surface area contributed by atoms with Crippen molar-refractivity contribution in [2.75, 3.05) is 5.32 Å². The molecule has 92 valence electrons. The summed E-state index contributed by atoms with van der Waals surface area (Å²) >= 11 is 6.45. The molecular formula is C12H11N3OS2. The molecule has 18 heavy (non-hydrogen) atoms. The molecule has 0 aliphatic heterocycles. The first-order chi connectivity index (χ1) is 8.65. The maximum atomic E-state index is 11.9. The minimum absolute atomic E-state index is 0.229. The molecule has 0 saturated carbocycles. The third kappa shape index (κ3) is 3.35. The third-order valence-corrected chi connectivity index (χ3v) is 3.05. The molecule has 0 radical (unpaired) electrons. The summed E-state index contributed by atoms with van der Waals surface area (Å²) in [5.74, 6) is -0.229. The Kier molecular flexibility index (Phi) is 4.01. The first-order valence-corrected chi connectivity index (χ1v) is 6.52. The molecule has 2 rings (SSSR count). The smallest absolute Gasteiger partial charge is 0.257 e. The maximum Gasteiger partial charge on any atom is 0.257 e. The third-order valence-electron chi connectivity index (χ3n) is 2.16. The molecule has 0 aliphatic carbocycles. The Bertz CT molecular complexity index is 566. The van der Waals surface area contributed by atoms with E-state index in [4.69, 9.17) is 12.2 Å². The van der Waals surface area contributed by atoms with Gasteiger partial charge in [-0.2, -0.15) is 0 Å². The van der Waals surface area contributed by atoms with E-state index in [1.807, 2.05) is 24.4 Å². The summed E-state index contributed by atoms with van der Waals surface area (Å²) in [6.07, 6.45) is 1.66. The largest absolute Gasteiger partial charge is 0.308 e. The summed E-state index contributed by atoms with van der Waals surface area (Å²) in [5, 5.41) is 8.18. The Hall–Kier alpha value is -1.79. The Morgan fingerprint density at radius 3 is 2.94 bits per heavy atom. The Morgan fingerprint density at radius 1 is 1.44 bits per heavy atom. The van der Waals surface area contributed by atoms with Gasteiger partial charge in [-0.05, 0) is 31.3 Å². The lowest BCUT2D eigenvalue weighted by Crippen LogP contribution is -2.34. The monoisotopic (exact) mass is 277 g/mol. The zero-order chi connectivity index (χ0) is 13.0. The van der Waals surface area contributed by atoms with Crippen molar-refractivity contribution in [1.29, 1.82) is 0 Å². The van der Waals surface area contributed by atoms with Gasteiger partial charge in [-0.3, -0.25) is 10.1 Å². The van der Waals surface area contributed by atoms with Crippen molar-refractivity contribution < 1.29 is 4.79 Å². The van der Waals surface area contributed by atoms with Crippen LogP contribution in [0.5, 0.6) is 0 Å². The van der Waals surface area contributed by atoms with Crippen molar-refractivity contribution in [2.45, 2.75) is 6.92 Å². The van der Waals surface area contributed by atoms with Crippen LogP contribution < -0.4 is 10.6 Å². The molecule has 0 unspecified atom stereocenters. The zero-order valence-corrected chi connectivity index (χ0v) is 11.3. The molecule has 0 spiro atoms. The van der Waals surface area contributed by atoms with Crippen molar-refractivity contribution in [2.24, 2.45) is 0 Å². The van der Waals surface area contributed by atoms with Gasteiger partial charge in [0.15, 0.2) is 10.2 Å². The number of carbonyl (C=O) groups is 1. The first-order valence-electron chi connectivity index (χ1n) is 5.23. The van der Waals surface area contributed by atoms with Gasteiger partial charge in [0.25, 0.3) is 5.91 Å². The fourth-order valence-corrected chi connectivity index (χ4v) is 2.16. The molecule has 1 heterocycles. The van der Waals surface area contributed by atoms with Crippen LogP contribution in [0.4, 0.5) is 5.13 Å². The van der Waals surface area contributed by atoms with Crippen LogP contribution in [-0.2, 0) is 0 Å². The molecule has 0 atom stereocenters. The number of amides is 1. The lowest BCUT2D eigenvalue weighted by atomic mass is 10.1. The van der Waals surface area contributed by atoms with Crippen LogP contribution in [0, 0.1) is 6.92 Å². The van der Waals surface area contributed by atoms with E-state index in [1.165, 1.54) is 11.3 Å². The SMILES string of the molecule is Cc1cccc(C(=O)NC(=S)Nc2nccs2)c1. The number of aryl methyl sites for hydroxylation is 1. The summed E-state index contributed by atoms with van der Waals surface area (Å²) in [7, 11) is 0. The van der Waals surface area contributed by atoms with Crippen LogP contribution in [0.15, 0.2) is 35.8 Å². The Labute approximate surface area is 114 Å². The second-order valence-electron chi connectivity index (χ2n) is 3.61. The van der Waals surface area contributed by atoms with E-state index in [9.17, 15) is 4.79 Å². The average Bonchev–Trinajstić information content (AvgIpc) is 2.81. The maximum absolute atomic E-state index is 11.9. The number of hydrogen-bond donors (Lipinski definition) is 2. The van der Waals surface area contributed by atoms with E-state index >= 15 is 0 Å². The van der Waals surface area contributed by atoms with Crippen LogP contribution in [0.25, 0.3) is 0 Å². The molecule has 1 aromatic heterocycles. The summed E-state index contributed by atoms with van der Waals surface area (Å²) in [6.45, 7) is 1.93. The number of nitrogens with zero attached hydrogens (tertiary/aromatic N) is 1. The number of anilines is 1. The van der Waals surface area contributed by atoms with Crippen LogP contribution in [-0.4, -0.2) is 16.0 Å². The summed E-state index contributed by atoms with van der Waals surface area (Å²) < 4.78 is 0. The highest BCUT2D eigenvalue weighted by Crippen LogP contribution is 2.10. The fraction of sp³-hybridized carbons (Fsp3) is 0.0833. The van der Waals surface area contributed by atoms with Crippen molar-refractivity contribution in [1.82, 2.24) is 10.3 Å². The summed E-state index contributed by atoms with van der Waals surface area (Å²) in [5.41, 5.74) is 1.61. The highest BCUT2D eigenvalue weighted by molar-refractivity contribution is 7.80. The second kappa shape index (κ2) is 5.70. The number of nitrogens with one attached hydrogen (secondary N) is 2. The minimum Gasteiger partial charge on any atom is -0.308 e. The number of rotatable bonds is 2. The standard InChI is InChI=1S/C12H11N3OS2/c1-8-3-2-4-9(7-8)10(16)14-11(17)15-12-13-5-6-18-12/h2-7H,1H3,(H2,13,14,15,16,17). The van der Waals surface area contributed by atoms with Gasteiger partial charge >= 0.3 is 0 Å². The quantitative estimate of drug-likeness (QED) is 0.828. The van der Waals surface area contributed by atoms with E-state index in [0.29, 0.717) is 10.7 Å². The van der Waals surface area contributed by atoms with Crippen LogP contribution >= 0.6 is 23.6 Å². The van der Waals surface area contributed by atoms with Gasteiger partial charge in [0.05, 0.1) is 0 Å². The highest BCUT2D eigenvalue weighted by Gasteiger charge is 2.08. The number of benzene rings is 1. The molecule has 1 aromatic carbocycles. The number of carbonyl (C=O) groups excluding carboxylic acids is 1. The Balaban J connectivity index is 1.97. The molecule has 0 fully saturated rings. The predicted octanol–water partition coefficient (Wildman–Crippen LogP) is 2.58. The number of aromatic nitrogens is 1. The summed E-state index contributed by atoms with van der Waals surface area (Å²) in [4.78, 5) is 15.9. The molecule has 6 heteroatoms. The zero-order valence-electron chi connectivity index (χ0n) is 9.64. The van der Waals surface area contributed by atoms with Gasteiger partial charge in [-0.1, -0.05) is 17.7 Å². The predicted molar refractivity (Wildman–Crippen MR) is 77.0 cm³/mol. The van der Waals surface area contributed by atoms with Crippen LogP contribution in [0.3, 0.4) is 0 Å². The lowest BCUT2D eigenvalue weighted by molar-refractivity contribution is 0.0977. The number of thiocarbonyl (C=S) groups is 1. The van der Waals surface area contributed by atoms with Crippen LogP contribution in [0.1, 0.15) is 15.9 Å². The van der Waals surface area contributed by atoms with E-state index < -0.39 is 0 Å². The molecule has 0 aliphatic rings. The molecular weight excluding hydrogens is 266 g/mol. The molecule has 2 N–H and O–H groups in total. The van der Waals surface area contributed by atoms with E-state index in [2.05, 4.69) is 15.6 Å². The molecule has 0 bridgehead atoms. The number of thiazole rings is 1.